The zero-order valence-corrected chi connectivity index (χ0v) is 25.5. The van der Waals surface area contributed by atoms with Gasteiger partial charge in [0.2, 0.25) is 0 Å². The Morgan fingerprint density at radius 1 is 0.319 bits per heavy atom. The zero-order chi connectivity index (χ0) is 31.2. The summed E-state index contributed by atoms with van der Waals surface area (Å²) in [5.41, 5.74) is 11.7. The molecule has 0 atom stereocenters. The van der Waals surface area contributed by atoms with E-state index in [0.717, 1.165) is 72.4 Å². The largest absolute Gasteiger partial charge is 0.456 e. The third-order valence-electron chi connectivity index (χ3n) is 8.90. The lowest BCUT2D eigenvalue weighted by Gasteiger charge is -2.26. The van der Waals surface area contributed by atoms with E-state index in [2.05, 4.69) is 144 Å². The minimum atomic E-state index is 0.864. The highest BCUT2D eigenvalue weighted by molar-refractivity contribution is 6.06. The molecule has 7 aromatic carbocycles. The number of anilines is 3. The molecule has 0 aliphatic rings. The summed E-state index contributed by atoms with van der Waals surface area (Å²) in [6, 6.07) is 61.6. The number of nitrogens with zero attached hydrogens (tertiary/aromatic N) is 1. The Kier molecular flexibility index (Phi) is 6.46. The summed E-state index contributed by atoms with van der Waals surface area (Å²) in [5.74, 6) is 0.864. The fourth-order valence-corrected chi connectivity index (χ4v) is 6.49. The first-order valence-corrected chi connectivity index (χ1v) is 15.8. The van der Waals surface area contributed by atoms with Gasteiger partial charge in [-0.25, -0.2) is 0 Å². The zero-order valence-electron chi connectivity index (χ0n) is 25.5. The molecular weight excluding hydrogens is 574 g/mol. The molecule has 0 N–H and O–H groups in total. The van der Waals surface area contributed by atoms with Crippen molar-refractivity contribution in [2.75, 3.05) is 4.90 Å². The highest BCUT2D eigenvalue weighted by Crippen LogP contribution is 2.39. The Labute approximate surface area is 272 Å². The van der Waals surface area contributed by atoms with Gasteiger partial charge in [-0.3, -0.25) is 0 Å². The Balaban J connectivity index is 1.09. The van der Waals surface area contributed by atoms with Crippen LogP contribution in [0.3, 0.4) is 0 Å². The smallest absolute Gasteiger partial charge is 0.135 e. The van der Waals surface area contributed by atoms with Crippen molar-refractivity contribution < 1.29 is 8.83 Å². The number of furan rings is 2. The van der Waals surface area contributed by atoms with Crippen molar-refractivity contribution in [3.63, 3.8) is 0 Å². The van der Waals surface area contributed by atoms with Crippen molar-refractivity contribution in [3.05, 3.63) is 176 Å². The molecule has 9 rings (SSSR count). The van der Waals surface area contributed by atoms with E-state index >= 15 is 0 Å². The Bertz CT molecular complexity index is 2450. The van der Waals surface area contributed by atoms with Crippen LogP contribution in [0.5, 0.6) is 0 Å². The monoisotopic (exact) mass is 603 g/mol. The van der Waals surface area contributed by atoms with Gasteiger partial charge in [-0.15, -0.1) is 0 Å². The highest BCUT2D eigenvalue weighted by Gasteiger charge is 2.15. The second-order valence-corrected chi connectivity index (χ2v) is 11.8. The van der Waals surface area contributed by atoms with Crippen molar-refractivity contribution in [1.82, 2.24) is 0 Å². The quantitative estimate of drug-likeness (QED) is 0.189. The minimum Gasteiger partial charge on any atom is -0.456 e. The van der Waals surface area contributed by atoms with Gasteiger partial charge < -0.3 is 13.7 Å². The van der Waals surface area contributed by atoms with Crippen LogP contribution >= 0.6 is 0 Å². The maximum Gasteiger partial charge on any atom is 0.135 e. The van der Waals surface area contributed by atoms with Gasteiger partial charge in [0, 0.05) is 38.8 Å². The molecule has 0 saturated heterocycles. The van der Waals surface area contributed by atoms with Crippen molar-refractivity contribution in [1.29, 1.82) is 0 Å². The van der Waals surface area contributed by atoms with Crippen LogP contribution in [-0.2, 0) is 0 Å². The van der Waals surface area contributed by atoms with Crippen LogP contribution in [0.25, 0.3) is 66.5 Å². The molecule has 2 aromatic heterocycles. The topological polar surface area (TPSA) is 29.5 Å². The number of rotatable bonds is 6. The second kappa shape index (κ2) is 11.2. The SMILES string of the molecule is c1ccc(-c2ccc(N(c3ccc(-c4ccc5oc6ccccc6c5c4)cc3)c3ccc(-c4cc5ccccc5o4)cc3)cc2)cc1. The van der Waals surface area contributed by atoms with Crippen LogP contribution in [0, 0.1) is 0 Å². The van der Waals surface area contributed by atoms with Crippen LogP contribution in [0.15, 0.2) is 185 Å². The third-order valence-corrected chi connectivity index (χ3v) is 8.90. The molecule has 47 heavy (non-hydrogen) atoms. The first-order chi connectivity index (χ1) is 23.3. The predicted octanol–water partition coefficient (Wildman–Crippen LogP) is 12.8. The molecule has 0 fully saturated rings. The minimum absolute atomic E-state index is 0.864. The number of benzene rings is 7. The van der Waals surface area contributed by atoms with Gasteiger partial charge in [-0.05, 0) is 101 Å². The lowest BCUT2D eigenvalue weighted by Crippen LogP contribution is -2.09. The average Bonchev–Trinajstić information content (AvgIpc) is 3.75. The molecule has 0 unspecified atom stereocenters. The molecule has 222 valence electrons. The van der Waals surface area contributed by atoms with Gasteiger partial charge in [0.05, 0.1) is 0 Å². The molecule has 0 radical (unpaired) electrons. The summed E-state index contributed by atoms with van der Waals surface area (Å²) in [6.07, 6.45) is 0. The summed E-state index contributed by atoms with van der Waals surface area (Å²) in [6.45, 7) is 0. The Morgan fingerprint density at radius 3 is 1.51 bits per heavy atom. The van der Waals surface area contributed by atoms with Gasteiger partial charge in [-0.1, -0.05) is 97.1 Å². The first-order valence-electron chi connectivity index (χ1n) is 15.8. The lowest BCUT2D eigenvalue weighted by molar-refractivity contribution is 0.631. The summed E-state index contributed by atoms with van der Waals surface area (Å²) >= 11 is 0. The fraction of sp³-hybridized carbons (Fsp3) is 0. The summed E-state index contributed by atoms with van der Waals surface area (Å²) in [5, 5.41) is 3.37. The van der Waals surface area contributed by atoms with Crippen molar-refractivity contribution in [2.45, 2.75) is 0 Å². The lowest BCUT2D eigenvalue weighted by atomic mass is 10.0. The van der Waals surface area contributed by atoms with Crippen LogP contribution in [0.2, 0.25) is 0 Å². The van der Waals surface area contributed by atoms with E-state index in [1.807, 2.05) is 36.4 Å². The predicted molar refractivity (Wildman–Crippen MR) is 194 cm³/mol. The number of hydrogen-bond donors (Lipinski definition) is 0. The normalized spacial score (nSPS) is 11.4. The van der Waals surface area contributed by atoms with Crippen LogP contribution < -0.4 is 4.90 Å². The fourth-order valence-electron chi connectivity index (χ4n) is 6.49. The Morgan fingerprint density at radius 2 is 0.830 bits per heavy atom. The van der Waals surface area contributed by atoms with Crippen LogP contribution in [0.1, 0.15) is 0 Å². The van der Waals surface area contributed by atoms with E-state index in [0.29, 0.717) is 0 Å². The molecule has 2 heterocycles. The molecule has 0 aliphatic heterocycles. The molecule has 0 spiro atoms. The van der Waals surface area contributed by atoms with Gasteiger partial charge >= 0.3 is 0 Å². The van der Waals surface area contributed by atoms with Gasteiger partial charge in [0.1, 0.15) is 22.5 Å². The van der Waals surface area contributed by atoms with E-state index in [1.165, 1.54) is 11.1 Å². The van der Waals surface area contributed by atoms with E-state index < -0.39 is 0 Å². The molecule has 0 amide bonds. The second-order valence-electron chi connectivity index (χ2n) is 11.8. The summed E-state index contributed by atoms with van der Waals surface area (Å²) in [4.78, 5) is 2.30. The van der Waals surface area contributed by atoms with Gasteiger partial charge in [0.15, 0.2) is 0 Å². The van der Waals surface area contributed by atoms with E-state index in [1.54, 1.807) is 0 Å². The summed E-state index contributed by atoms with van der Waals surface area (Å²) in [7, 11) is 0. The van der Waals surface area contributed by atoms with Crippen molar-refractivity contribution in [2.24, 2.45) is 0 Å². The standard InChI is InChI=1S/C44H29NO2/c1-2-8-30(9-3-1)31-14-21-36(22-15-31)45(38-25-18-33(19-26-38)44-29-35-10-4-6-12-41(35)46-44)37-23-16-32(17-24-37)34-20-27-43-40(28-34)39-11-5-7-13-42(39)47-43/h1-29H. The average molecular weight is 604 g/mol. The molecule has 0 saturated carbocycles. The third kappa shape index (κ3) is 4.95. The molecule has 9 aromatic rings. The van der Waals surface area contributed by atoms with E-state index in [9.17, 15) is 0 Å². The molecule has 0 bridgehead atoms. The highest BCUT2D eigenvalue weighted by atomic mass is 16.3. The number of fused-ring (bicyclic) bond motifs is 4. The maximum atomic E-state index is 6.16. The molecule has 0 aliphatic carbocycles. The van der Waals surface area contributed by atoms with Crippen molar-refractivity contribution in [3.8, 4) is 33.6 Å². The first kappa shape index (κ1) is 27.0. The molecule has 3 nitrogen and oxygen atoms in total. The van der Waals surface area contributed by atoms with Gasteiger partial charge in [-0.2, -0.15) is 0 Å². The van der Waals surface area contributed by atoms with E-state index in [4.69, 9.17) is 8.83 Å². The maximum absolute atomic E-state index is 6.16. The molecule has 3 heteroatoms. The van der Waals surface area contributed by atoms with Crippen LogP contribution in [0.4, 0.5) is 17.1 Å². The Hall–Kier alpha value is -6.32. The van der Waals surface area contributed by atoms with Gasteiger partial charge in [0.25, 0.3) is 0 Å². The summed E-state index contributed by atoms with van der Waals surface area (Å²) < 4.78 is 12.2. The number of hydrogen-bond acceptors (Lipinski definition) is 3. The van der Waals surface area contributed by atoms with Crippen LogP contribution in [-0.4, -0.2) is 0 Å². The van der Waals surface area contributed by atoms with Crippen molar-refractivity contribution >= 4 is 50.0 Å². The van der Waals surface area contributed by atoms with E-state index in [-0.39, 0.29) is 0 Å². The molecular formula is C44H29NO2. The number of para-hydroxylation sites is 2.